The van der Waals surface area contributed by atoms with Crippen LogP contribution in [0.25, 0.3) is 0 Å². The highest BCUT2D eigenvalue weighted by molar-refractivity contribution is 5.76. The molecule has 0 spiro atoms. The maximum Gasteiger partial charge on any atom is 0.419 e. The lowest BCUT2D eigenvalue weighted by atomic mass is 10.0. The third kappa shape index (κ3) is 3.43. The average Bonchev–Trinajstić information content (AvgIpc) is 2.68. The van der Waals surface area contributed by atoms with Crippen molar-refractivity contribution < 1.29 is 13.2 Å². The molecule has 1 saturated heterocycles. The first-order valence-corrected chi connectivity index (χ1v) is 8.86. The van der Waals surface area contributed by atoms with Gasteiger partial charge < -0.3 is 14.7 Å². The molecule has 1 fully saturated rings. The van der Waals surface area contributed by atoms with Gasteiger partial charge in [-0.25, -0.2) is 9.97 Å². The van der Waals surface area contributed by atoms with Crippen LogP contribution in [0.3, 0.4) is 0 Å². The Hall–Kier alpha value is -2.77. The molecule has 0 saturated carbocycles. The number of halogens is 3. The van der Waals surface area contributed by atoms with Gasteiger partial charge in [0.25, 0.3) is 0 Å². The van der Waals surface area contributed by atoms with E-state index in [1.807, 2.05) is 30.3 Å². The van der Waals surface area contributed by atoms with Crippen molar-refractivity contribution >= 4 is 17.3 Å². The van der Waals surface area contributed by atoms with Crippen LogP contribution in [-0.2, 0) is 6.18 Å². The summed E-state index contributed by atoms with van der Waals surface area (Å²) in [5, 5.41) is 0. The maximum absolute atomic E-state index is 12.7. The second-order valence-corrected chi connectivity index (χ2v) is 6.79. The van der Waals surface area contributed by atoms with E-state index in [2.05, 4.69) is 38.1 Å². The monoisotopic (exact) mass is 375 g/mol. The average molecular weight is 375 g/mol. The van der Waals surface area contributed by atoms with Gasteiger partial charge in [-0.3, -0.25) is 0 Å². The zero-order valence-electron chi connectivity index (χ0n) is 14.9. The molecule has 0 N–H and O–H groups in total. The molecule has 0 radical (unpaired) electrons. The van der Waals surface area contributed by atoms with Gasteiger partial charge in [0, 0.05) is 51.0 Å². The van der Waals surface area contributed by atoms with Crippen molar-refractivity contribution in [2.45, 2.75) is 25.1 Å². The van der Waals surface area contributed by atoms with Gasteiger partial charge in [-0.1, -0.05) is 12.1 Å². The van der Waals surface area contributed by atoms with Gasteiger partial charge in [0.1, 0.15) is 0 Å². The van der Waals surface area contributed by atoms with Gasteiger partial charge >= 0.3 is 6.18 Å². The molecule has 0 aliphatic carbocycles. The van der Waals surface area contributed by atoms with Crippen molar-refractivity contribution in [1.29, 1.82) is 0 Å². The van der Waals surface area contributed by atoms with Crippen molar-refractivity contribution in [3.05, 3.63) is 54.6 Å². The first kappa shape index (κ1) is 17.6. The van der Waals surface area contributed by atoms with E-state index in [4.69, 9.17) is 0 Å². The number of fused-ring (bicyclic) bond motifs is 1. The quantitative estimate of drug-likeness (QED) is 0.796. The molecule has 0 unspecified atom stereocenters. The molecule has 0 atom stereocenters. The van der Waals surface area contributed by atoms with Crippen LogP contribution in [0.5, 0.6) is 0 Å². The van der Waals surface area contributed by atoms with E-state index in [0.717, 1.165) is 30.9 Å². The summed E-state index contributed by atoms with van der Waals surface area (Å²) in [5.74, 6) is 0.357. The van der Waals surface area contributed by atoms with Crippen molar-refractivity contribution in [2.24, 2.45) is 0 Å². The highest BCUT2D eigenvalue weighted by Crippen LogP contribution is 2.36. The molecular formula is C19H20F3N5. The molecular weight excluding hydrogens is 355 g/mol. The molecule has 3 heterocycles. The first-order valence-electron chi connectivity index (χ1n) is 8.86. The fourth-order valence-corrected chi connectivity index (χ4v) is 3.61. The molecule has 1 aromatic carbocycles. The fraction of sp³-hybridized carbons (Fsp3) is 0.368. The van der Waals surface area contributed by atoms with Crippen LogP contribution < -0.4 is 14.7 Å². The second kappa shape index (κ2) is 6.75. The molecule has 8 heteroatoms. The van der Waals surface area contributed by atoms with Gasteiger partial charge in [0.2, 0.25) is 5.95 Å². The Morgan fingerprint density at radius 1 is 0.963 bits per heavy atom. The predicted octanol–water partition coefficient (Wildman–Crippen LogP) is 3.89. The highest BCUT2D eigenvalue weighted by atomic mass is 19.4. The zero-order valence-corrected chi connectivity index (χ0v) is 14.9. The Labute approximate surface area is 155 Å². The molecule has 0 amide bonds. The lowest BCUT2D eigenvalue weighted by Crippen LogP contribution is -2.44. The molecule has 2 aromatic rings. The number of anilines is 3. The molecule has 4 rings (SSSR count). The lowest BCUT2D eigenvalue weighted by Gasteiger charge is -2.41. The standard InChI is InChI=1S/C19H20F3N5/c1-25-10-11-27(17-5-3-2-4-16(17)25)15-6-8-26(9-7-15)18-23-12-14(13-24-18)19(20,21)22/h2-5,10-13,15H,6-9H2,1H3. The molecule has 2 aliphatic rings. The molecule has 142 valence electrons. The van der Waals surface area contributed by atoms with E-state index in [0.29, 0.717) is 25.1 Å². The van der Waals surface area contributed by atoms with E-state index >= 15 is 0 Å². The zero-order chi connectivity index (χ0) is 19.0. The number of para-hydroxylation sites is 2. The van der Waals surface area contributed by atoms with Crippen LogP contribution in [0.2, 0.25) is 0 Å². The van der Waals surface area contributed by atoms with Crippen LogP contribution >= 0.6 is 0 Å². The van der Waals surface area contributed by atoms with Crippen LogP contribution in [-0.4, -0.2) is 36.1 Å². The number of aromatic nitrogens is 2. The van der Waals surface area contributed by atoms with Gasteiger partial charge in [-0.05, 0) is 25.0 Å². The van der Waals surface area contributed by atoms with Crippen molar-refractivity contribution in [2.75, 3.05) is 34.8 Å². The van der Waals surface area contributed by atoms with Crippen LogP contribution in [0.1, 0.15) is 18.4 Å². The lowest BCUT2D eigenvalue weighted by molar-refractivity contribution is -0.138. The minimum Gasteiger partial charge on any atom is -0.348 e. The Balaban J connectivity index is 1.44. The van der Waals surface area contributed by atoms with E-state index in [1.54, 1.807) is 0 Å². The number of piperidine rings is 1. The Morgan fingerprint density at radius 3 is 2.22 bits per heavy atom. The summed E-state index contributed by atoms with van der Waals surface area (Å²) in [7, 11) is 2.03. The summed E-state index contributed by atoms with van der Waals surface area (Å²) in [6, 6.07) is 8.60. The Kier molecular flexibility index (Phi) is 4.41. The van der Waals surface area contributed by atoms with E-state index in [1.165, 1.54) is 5.69 Å². The Morgan fingerprint density at radius 2 is 1.59 bits per heavy atom. The maximum atomic E-state index is 12.7. The second-order valence-electron chi connectivity index (χ2n) is 6.79. The van der Waals surface area contributed by atoms with Gasteiger partial charge in [-0.2, -0.15) is 13.2 Å². The van der Waals surface area contributed by atoms with Gasteiger partial charge in [0.05, 0.1) is 16.9 Å². The fourth-order valence-electron chi connectivity index (χ4n) is 3.61. The predicted molar refractivity (Wildman–Crippen MR) is 98.7 cm³/mol. The van der Waals surface area contributed by atoms with Gasteiger partial charge in [0.15, 0.2) is 0 Å². The number of hydrogen-bond acceptors (Lipinski definition) is 5. The summed E-state index contributed by atoms with van der Waals surface area (Å²) in [4.78, 5) is 14.2. The smallest absolute Gasteiger partial charge is 0.348 e. The minimum atomic E-state index is -4.41. The van der Waals surface area contributed by atoms with Crippen molar-refractivity contribution in [3.8, 4) is 0 Å². The number of hydrogen-bond donors (Lipinski definition) is 0. The molecule has 27 heavy (non-hydrogen) atoms. The topological polar surface area (TPSA) is 35.5 Å². The van der Waals surface area contributed by atoms with E-state index in [9.17, 15) is 13.2 Å². The summed E-state index contributed by atoms with van der Waals surface area (Å²) < 4.78 is 38.0. The summed E-state index contributed by atoms with van der Waals surface area (Å²) in [6.07, 6.45) is 3.21. The largest absolute Gasteiger partial charge is 0.419 e. The van der Waals surface area contributed by atoms with Gasteiger partial charge in [-0.15, -0.1) is 0 Å². The first-order chi connectivity index (χ1) is 12.9. The summed E-state index contributed by atoms with van der Waals surface area (Å²) in [6.45, 7) is 1.41. The number of alkyl halides is 3. The van der Waals surface area contributed by atoms with Crippen LogP contribution in [0.4, 0.5) is 30.5 Å². The minimum absolute atomic E-state index is 0.335. The number of rotatable bonds is 2. The Bertz CT molecular complexity index is 826. The van der Waals surface area contributed by atoms with Crippen molar-refractivity contribution in [3.63, 3.8) is 0 Å². The van der Waals surface area contributed by atoms with Crippen LogP contribution in [0, 0.1) is 0 Å². The summed E-state index contributed by atoms with van der Waals surface area (Å²) >= 11 is 0. The third-order valence-electron chi connectivity index (χ3n) is 5.10. The van der Waals surface area contributed by atoms with E-state index in [-0.39, 0.29) is 0 Å². The van der Waals surface area contributed by atoms with E-state index < -0.39 is 11.7 Å². The molecule has 5 nitrogen and oxygen atoms in total. The van der Waals surface area contributed by atoms with Crippen LogP contribution in [0.15, 0.2) is 49.1 Å². The molecule has 1 aromatic heterocycles. The van der Waals surface area contributed by atoms with Crippen molar-refractivity contribution in [1.82, 2.24) is 9.97 Å². The highest BCUT2D eigenvalue weighted by Gasteiger charge is 2.32. The molecule has 0 bridgehead atoms. The summed E-state index contributed by atoms with van der Waals surface area (Å²) in [5.41, 5.74) is 1.51. The molecule has 2 aliphatic heterocycles. The normalized spacial score (nSPS) is 18.0. The number of benzene rings is 1. The third-order valence-corrected chi connectivity index (χ3v) is 5.10. The number of nitrogens with zero attached hydrogens (tertiary/aromatic N) is 5. The SMILES string of the molecule is CN1C=CN(C2CCN(c3ncc(C(F)(F)F)cn3)CC2)c2ccccc21.